The van der Waals surface area contributed by atoms with Gasteiger partial charge in [0.05, 0.1) is 11.0 Å². The summed E-state index contributed by atoms with van der Waals surface area (Å²) < 4.78 is 15.6. The summed E-state index contributed by atoms with van der Waals surface area (Å²) in [7, 11) is 0. The van der Waals surface area contributed by atoms with Crippen molar-refractivity contribution < 1.29 is 4.39 Å². The van der Waals surface area contributed by atoms with Gasteiger partial charge in [0, 0.05) is 42.6 Å². The minimum absolute atomic E-state index is 0.219. The van der Waals surface area contributed by atoms with E-state index in [1.807, 2.05) is 17.8 Å². The summed E-state index contributed by atoms with van der Waals surface area (Å²) in [6.07, 6.45) is 0.904. The highest BCUT2D eigenvalue weighted by molar-refractivity contribution is 7.99. The van der Waals surface area contributed by atoms with Crippen LogP contribution in [0, 0.1) is 5.82 Å². The van der Waals surface area contributed by atoms with Crippen LogP contribution in [0.3, 0.4) is 0 Å². The van der Waals surface area contributed by atoms with Gasteiger partial charge in [0.25, 0.3) is 0 Å². The lowest BCUT2D eigenvalue weighted by atomic mass is 10.2. The third-order valence-electron chi connectivity index (χ3n) is 3.67. The standard InChI is InChI=1S/C15H20FN3S/c1-10(2)19-14-4-3-11(16)7-13(14)18-15(19)8-12-9-20-6-5-17-12/h3-4,7,10,12,17H,5-6,8-9H2,1-2H3. The van der Waals surface area contributed by atoms with Gasteiger partial charge in [-0.1, -0.05) is 0 Å². The van der Waals surface area contributed by atoms with Gasteiger partial charge >= 0.3 is 0 Å². The minimum atomic E-state index is -0.219. The Balaban J connectivity index is 1.97. The first kappa shape index (κ1) is 13.9. The molecule has 0 aliphatic carbocycles. The van der Waals surface area contributed by atoms with Crippen molar-refractivity contribution in [3.05, 3.63) is 29.8 Å². The molecule has 5 heteroatoms. The van der Waals surface area contributed by atoms with Crippen molar-refractivity contribution in [2.24, 2.45) is 0 Å². The van der Waals surface area contributed by atoms with E-state index < -0.39 is 0 Å². The van der Waals surface area contributed by atoms with E-state index in [0.29, 0.717) is 12.1 Å². The molecule has 0 radical (unpaired) electrons. The fourth-order valence-corrected chi connectivity index (χ4v) is 3.76. The number of nitrogens with one attached hydrogen (secondary N) is 1. The van der Waals surface area contributed by atoms with Crippen LogP contribution in [0.2, 0.25) is 0 Å². The second-order valence-corrected chi connectivity index (χ2v) is 6.70. The highest BCUT2D eigenvalue weighted by Crippen LogP contribution is 2.23. The number of hydrogen-bond donors (Lipinski definition) is 1. The summed E-state index contributed by atoms with van der Waals surface area (Å²) >= 11 is 1.99. The molecule has 108 valence electrons. The average Bonchev–Trinajstić information content (AvgIpc) is 2.76. The van der Waals surface area contributed by atoms with E-state index in [1.54, 1.807) is 0 Å². The Morgan fingerprint density at radius 2 is 2.35 bits per heavy atom. The second-order valence-electron chi connectivity index (χ2n) is 5.55. The summed E-state index contributed by atoms with van der Waals surface area (Å²) in [4.78, 5) is 4.66. The zero-order chi connectivity index (χ0) is 14.1. The van der Waals surface area contributed by atoms with E-state index in [4.69, 9.17) is 0 Å². The van der Waals surface area contributed by atoms with Crippen LogP contribution in [0.25, 0.3) is 11.0 Å². The Morgan fingerprint density at radius 3 is 3.05 bits per heavy atom. The largest absolute Gasteiger partial charge is 0.325 e. The van der Waals surface area contributed by atoms with Gasteiger partial charge in [-0.2, -0.15) is 11.8 Å². The molecule has 0 saturated carbocycles. The van der Waals surface area contributed by atoms with Crippen LogP contribution in [0.1, 0.15) is 25.7 Å². The van der Waals surface area contributed by atoms with Gasteiger partial charge in [0.2, 0.25) is 0 Å². The van der Waals surface area contributed by atoms with Crippen LogP contribution < -0.4 is 5.32 Å². The third-order valence-corrected chi connectivity index (χ3v) is 4.80. The van der Waals surface area contributed by atoms with Gasteiger partial charge in [0.1, 0.15) is 11.6 Å². The highest BCUT2D eigenvalue weighted by atomic mass is 32.2. The molecule has 1 fully saturated rings. The van der Waals surface area contributed by atoms with Crippen molar-refractivity contribution in [1.82, 2.24) is 14.9 Å². The maximum atomic E-state index is 13.4. The van der Waals surface area contributed by atoms with Crippen LogP contribution in [-0.4, -0.2) is 33.6 Å². The first-order valence-corrected chi connectivity index (χ1v) is 8.28. The number of fused-ring (bicyclic) bond motifs is 1. The zero-order valence-corrected chi connectivity index (χ0v) is 12.7. The molecule has 1 aliphatic heterocycles. The minimum Gasteiger partial charge on any atom is -0.325 e. The van der Waals surface area contributed by atoms with Gasteiger partial charge < -0.3 is 9.88 Å². The summed E-state index contributed by atoms with van der Waals surface area (Å²) in [6, 6.07) is 5.68. The Hall–Kier alpha value is -1.07. The molecular weight excluding hydrogens is 273 g/mol. The van der Waals surface area contributed by atoms with Gasteiger partial charge in [-0.05, 0) is 26.0 Å². The summed E-state index contributed by atoms with van der Waals surface area (Å²) in [5, 5.41) is 3.54. The quantitative estimate of drug-likeness (QED) is 0.943. The maximum Gasteiger partial charge on any atom is 0.125 e. The SMILES string of the molecule is CC(C)n1c(CC2CSCCN2)nc2cc(F)ccc21. The lowest BCUT2D eigenvalue weighted by molar-refractivity contribution is 0.514. The van der Waals surface area contributed by atoms with E-state index in [-0.39, 0.29) is 5.82 Å². The summed E-state index contributed by atoms with van der Waals surface area (Å²) in [5.74, 6) is 3.14. The molecule has 0 amide bonds. The second kappa shape index (κ2) is 5.74. The first-order chi connectivity index (χ1) is 9.65. The van der Waals surface area contributed by atoms with Gasteiger partial charge in [-0.15, -0.1) is 0 Å². The topological polar surface area (TPSA) is 29.9 Å². The van der Waals surface area contributed by atoms with Gasteiger partial charge in [-0.25, -0.2) is 9.37 Å². The maximum absolute atomic E-state index is 13.4. The number of imidazole rings is 1. The summed E-state index contributed by atoms with van der Waals surface area (Å²) in [6.45, 7) is 5.36. The van der Waals surface area contributed by atoms with E-state index in [2.05, 4.69) is 28.7 Å². The molecule has 1 unspecified atom stereocenters. The molecule has 1 N–H and O–H groups in total. The lowest BCUT2D eigenvalue weighted by Crippen LogP contribution is -2.39. The average molecular weight is 293 g/mol. The normalized spacial score (nSPS) is 19.9. The summed E-state index contributed by atoms with van der Waals surface area (Å²) in [5.41, 5.74) is 1.79. The molecule has 0 spiro atoms. The Labute approximate surface area is 123 Å². The number of aromatic nitrogens is 2. The van der Waals surface area contributed by atoms with Crippen LogP contribution >= 0.6 is 11.8 Å². The van der Waals surface area contributed by atoms with Crippen LogP contribution in [0.15, 0.2) is 18.2 Å². The predicted molar refractivity (Wildman–Crippen MR) is 82.9 cm³/mol. The molecule has 1 aliphatic rings. The smallest absolute Gasteiger partial charge is 0.125 e. The van der Waals surface area contributed by atoms with Crippen molar-refractivity contribution in [3.8, 4) is 0 Å². The Morgan fingerprint density at radius 1 is 1.50 bits per heavy atom. The first-order valence-electron chi connectivity index (χ1n) is 7.12. The molecule has 1 aromatic heterocycles. The molecular formula is C15H20FN3S. The van der Waals surface area contributed by atoms with E-state index in [1.165, 1.54) is 17.9 Å². The number of benzene rings is 1. The molecule has 0 bridgehead atoms. The lowest BCUT2D eigenvalue weighted by Gasteiger charge is -2.23. The van der Waals surface area contributed by atoms with Crippen molar-refractivity contribution in [2.45, 2.75) is 32.4 Å². The fourth-order valence-electron chi connectivity index (χ4n) is 2.81. The van der Waals surface area contributed by atoms with Crippen molar-refractivity contribution in [1.29, 1.82) is 0 Å². The number of halogens is 1. The zero-order valence-electron chi connectivity index (χ0n) is 11.9. The van der Waals surface area contributed by atoms with Crippen LogP contribution in [0.5, 0.6) is 0 Å². The predicted octanol–water partition coefficient (Wildman–Crippen LogP) is 3.00. The molecule has 2 heterocycles. The van der Waals surface area contributed by atoms with Crippen molar-refractivity contribution in [2.75, 3.05) is 18.1 Å². The van der Waals surface area contributed by atoms with E-state index >= 15 is 0 Å². The van der Waals surface area contributed by atoms with E-state index in [9.17, 15) is 4.39 Å². The Bertz CT molecular complexity index is 602. The van der Waals surface area contributed by atoms with E-state index in [0.717, 1.165) is 35.6 Å². The highest BCUT2D eigenvalue weighted by Gasteiger charge is 2.19. The molecule has 20 heavy (non-hydrogen) atoms. The van der Waals surface area contributed by atoms with Crippen LogP contribution in [-0.2, 0) is 6.42 Å². The Kier molecular flexibility index (Phi) is 3.98. The van der Waals surface area contributed by atoms with Gasteiger partial charge in [0.15, 0.2) is 0 Å². The monoisotopic (exact) mass is 293 g/mol. The fraction of sp³-hybridized carbons (Fsp3) is 0.533. The molecule has 1 atom stereocenters. The molecule has 1 saturated heterocycles. The van der Waals surface area contributed by atoms with Crippen LogP contribution in [0.4, 0.5) is 4.39 Å². The number of thioether (sulfide) groups is 1. The molecule has 2 aromatic rings. The van der Waals surface area contributed by atoms with Crippen molar-refractivity contribution in [3.63, 3.8) is 0 Å². The molecule has 3 nitrogen and oxygen atoms in total. The van der Waals surface area contributed by atoms with Crippen molar-refractivity contribution >= 4 is 22.8 Å². The number of hydrogen-bond acceptors (Lipinski definition) is 3. The number of rotatable bonds is 3. The molecule has 3 rings (SSSR count). The number of nitrogens with zero attached hydrogens (tertiary/aromatic N) is 2. The molecule has 1 aromatic carbocycles. The third kappa shape index (κ3) is 2.69. The van der Waals surface area contributed by atoms with Gasteiger partial charge in [-0.3, -0.25) is 0 Å².